The number of carbonyl (C=O) groups is 1. The van der Waals surface area contributed by atoms with Gasteiger partial charge in [0.25, 0.3) is 0 Å². The number of aliphatic carboxylic acids is 1. The second kappa shape index (κ2) is 6.79. The van der Waals surface area contributed by atoms with Crippen LogP contribution >= 0.6 is 0 Å². The maximum Gasteiger partial charge on any atom is 0.320 e. The first-order valence-electron chi connectivity index (χ1n) is 6.54. The van der Waals surface area contributed by atoms with Crippen LogP contribution in [0, 0.1) is 5.92 Å². The first kappa shape index (κ1) is 17.3. The summed E-state index contributed by atoms with van der Waals surface area (Å²) in [6, 6.07) is -0.903. The van der Waals surface area contributed by atoms with Crippen molar-refractivity contribution in [2.24, 2.45) is 5.92 Å². The number of hydrogen-bond acceptors (Lipinski definition) is 7. The smallest absolute Gasteiger partial charge is 0.320 e. The molecule has 118 valence electrons. The Morgan fingerprint density at radius 3 is 2.40 bits per heavy atom. The summed E-state index contributed by atoms with van der Waals surface area (Å²) in [5.41, 5.74) is 0. The van der Waals surface area contributed by atoms with E-state index in [4.69, 9.17) is 14.9 Å². The van der Waals surface area contributed by atoms with Gasteiger partial charge in [-0.25, -0.2) is 0 Å². The van der Waals surface area contributed by atoms with Gasteiger partial charge in [0, 0.05) is 0 Å². The SMILES string of the molecule is CC(C)C[C@@H](NC[C@@]1(O)O[C@H](CO)[C@@H](O)[C@@H]1O)C(=O)O. The first-order chi connectivity index (χ1) is 9.21. The molecule has 1 saturated heterocycles. The van der Waals surface area contributed by atoms with E-state index in [-0.39, 0.29) is 12.5 Å². The van der Waals surface area contributed by atoms with Crippen molar-refractivity contribution in [3.8, 4) is 0 Å². The van der Waals surface area contributed by atoms with E-state index in [2.05, 4.69) is 5.32 Å². The molecule has 1 rings (SSSR count). The highest BCUT2D eigenvalue weighted by atomic mass is 16.7. The van der Waals surface area contributed by atoms with Crippen LogP contribution in [0.4, 0.5) is 0 Å². The van der Waals surface area contributed by atoms with Crippen molar-refractivity contribution in [3.05, 3.63) is 0 Å². The molecule has 0 spiro atoms. The van der Waals surface area contributed by atoms with Gasteiger partial charge in [-0.2, -0.15) is 0 Å². The minimum absolute atomic E-state index is 0.128. The molecular formula is C12H23NO7. The lowest BCUT2D eigenvalue weighted by atomic mass is 10.0. The van der Waals surface area contributed by atoms with Crippen molar-refractivity contribution in [3.63, 3.8) is 0 Å². The predicted octanol–water partition coefficient (Wildman–Crippen LogP) is -2.12. The third-order valence-electron chi connectivity index (χ3n) is 3.31. The largest absolute Gasteiger partial charge is 0.480 e. The van der Waals surface area contributed by atoms with Crippen LogP contribution in [0.2, 0.25) is 0 Å². The van der Waals surface area contributed by atoms with E-state index in [0.29, 0.717) is 6.42 Å². The van der Waals surface area contributed by atoms with Gasteiger partial charge in [-0.15, -0.1) is 0 Å². The molecule has 1 aliphatic rings. The zero-order valence-corrected chi connectivity index (χ0v) is 11.6. The molecule has 8 nitrogen and oxygen atoms in total. The second-order valence-electron chi connectivity index (χ2n) is 5.52. The van der Waals surface area contributed by atoms with Gasteiger partial charge in [0.15, 0.2) is 0 Å². The van der Waals surface area contributed by atoms with Crippen LogP contribution in [0.5, 0.6) is 0 Å². The number of hydrogen-bond donors (Lipinski definition) is 6. The molecule has 1 heterocycles. The summed E-state index contributed by atoms with van der Waals surface area (Å²) < 4.78 is 5.01. The van der Waals surface area contributed by atoms with E-state index >= 15 is 0 Å². The Labute approximate surface area is 117 Å². The summed E-state index contributed by atoms with van der Waals surface area (Å²) in [4.78, 5) is 11.1. The van der Waals surface area contributed by atoms with Crippen molar-refractivity contribution >= 4 is 5.97 Å². The van der Waals surface area contributed by atoms with Gasteiger partial charge in [0.2, 0.25) is 5.79 Å². The molecule has 0 unspecified atom stereocenters. The van der Waals surface area contributed by atoms with Gasteiger partial charge in [-0.05, 0) is 12.3 Å². The Morgan fingerprint density at radius 1 is 1.40 bits per heavy atom. The van der Waals surface area contributed by atoms with E-state index in [0.717, 1.165) is 0 Å². The first-order valence-corrected chi connectivity index (χ1v) is 6.54. The molecule has 0 bridgehead atoms. The second-order valence-corrected chi connectivity index (χ2v) is 5.52. The van der Waals surface area contributed by atoms with Gasteiger partial charge in [-0.1, -0.05) is 13.8 Å². The minimum atomic E-state index is -2.13. The Bertz CT molecular complexity index is 338. The van der Waals surface area contributed by atoms with Gasteiger partial charge in [-0.3, -0.25) is 10.1 Å². The standard InChI is InChI=1S/C12H23NO7/c1-6(2)3-7(11(17)18)13-5-12(19)10(16)9(15)8(4-14)20-12/h6-10,13-16,19H,3-5H2,1-2H3,(H,17,18)/t7-,8-,9-,10+,12-/m1/s1. The fraction of sp³-hybridized carbons (Fsp3) is 0.917. The lowest BCUT2D eigenvalue weighted by Gasteiger charge is -2.28. The summed E-state index contributed by atoms with van der Waals surface area (Å²) in [5.74, 6) is -3.07. The Morgan fingerprint density at radius 2 is 2.00 bits per heavy atom. The molecule has 0 aromatic carbocycles. The van der Waals surface area contributed by atoms with Crippen molar-refractivity contribution in [1.82, 2.24) is 5.32 Å². The average molecular weight is 293 g/mol. The van der Waals surface area contributed by atoms with Crippen LogP contribution in [-0.4, -0.2) is 74.8 Å². The van der Waals surface area contributed by atoms with Gasteiger partial charge in [0.05, 0.1) is 13.2 Å². The van der Waals surface area contributed by atoms with Crippen LogP contribution in [0.25, 0.3) is 0 Å². The third-order valence-corrected chi connectivity index (χ3v) is 3.31. The number of rotatable bonds is 7. The molecule has 0 amide bonds. The normalized spacial score (nSPS) is 35.5. The molecule has 0 aliphatic carbocycles. The van der Waals surface area contributed by atoms with Crippen LogP contribution in [0.15, 0.2) is 0 Å². The molecule has 1 aliphatic heterocycles. The Kier molecular flexibility index (Phi) is 5.87. The monoisotopic (exact) mass is 293 g/mol. The lowest BCUT2D eigenvalue weighted by Crippen LogP contribution is -2.53. The predicted molar refractivity (Wildman–Crippen MR) is 67.8 cm³/mol. The molecule has 0 aromatic heterocycles. The molecule has 0 saturated carbocycles. The summed E-state index contributed by atoms with van der Waals surface area (Å²) in [7, 11) is 0. The lowest BCUT2D eigenvalue weighted by molar-refractivity contribution is -0.227. The summed E-state index contributed by atoms with van der Waals surface area (Å²) in [5, 5.41) is 50.0. The molecule has 8 heteroatoms. The highest BCUT2D eigenvalue weighted by molar-refractivity contribution is 5.73. The van der Waals surface area contributed by atoms with Crippen molar-refractivity contribution in [2.75, 3.05) is 13.2 Å². The summed E-state index contributed by atoms with van der Waals surface area (Å²) >= 11 is 0. The van der Waals surface area contributed by atoms with E-state index < -0.39 is 42.7 Å². The van der Waals surface area contributed by atoms with E-state index in [1.807, 2.05) is 13.8 Å². The summed E-state index contributed by atoms with van der Waals surface area (Å²) in [6.45, 7) is 2.79. The van der Waals surface area contributed by atoms with E-state index in [9.17, 15) is 20.1 Å². The highest BCUT2D eigenvalue weighted by Gasteiger charge is 2.53. The zero-order valence-electron chi connectivity index (χ0n) is 11.6. The fourth-order valence-corrected chi connectivity index (χ4v) is 2.18. The van der Waals surface area contributed by atoms with Crippen LogP contribution in [0.1, 0.15) is 20.3 Å². The number of carboxylic acids is 1. The van der Waals surface area contributed by atoms with Crippen molar-refractivity contribution in [2.45, 2.75) is 50.4 Å². The molecule has 0 aromatic rings. The topological polar surface area (TPSA) is 139 Å². The fourth-order valence-electron chi connectivity index (χ4n) is 2.18. The number of aliphatic hydroxyl groups is 4. The van der Waals surface area contributed by atoms with Gasteiger partial charge in [0.1, 0.15) is 24.4 Å². The molecule has 6 N–H and O–H groups in total. The highest BCUT2D eigenvalue weighted by Crippen LogP contribution is 2.28. The number of nitrogens with one attached hydrogen (secondary N) is 1. The van der Waals surface area contributed by atoms with Gasteiger partial charge >= 0.3 is 5.97 Å². The zero-order chi connectivity index (χ0) is 15.5. The van der Waals surface area contributed by atoms with Crippen LogP contribution in [-0.2, 0) is 9.53 Å². The van der Waals surface area contributed by atoms with Crippen molar-refractivity contribution < 1.29 is 35.1 Å². The molecular weight excluding hydrogens is 270 g/mol. The minimum Gasteiger partial charge on any atom is -0.480 e. The van der Waals surface area contributed by atoms with Crippen molar-refractivity contribution in [1.29, 1.82) is 0 Å². The van der Waals surface area contributed by atoms with Crippen LogP contribution < -0.4 is 5.32 Å². The van der Waals surface area contributed by atoms with E-state index in [1.54, 1.807) is 0 Å². The molecule has 5 atom stereocenters. The maximum absolute atomic E-state index is 11.1. The molecule has 20 heavy (non-hydrogen) atoms. The quantitative estimate of drug-likeness (QED) is 0.313. The number of carboxylic acid groups (broad SMARTS) is 1. The molecule has 1 fully saturated rings. The average Bonchev–Trinajstić information content (AvgIpc) is 2.58. The third kappa shape index (κ3) is 3.87. The van der Waals surface area contributed by atoms with Gasteiger partial charge < -0.3 is 30.3 Å². The Hall–Kier alpha value is -0.770. The summed E-state index contributed by atoms with van der Waals surface area (Å²) in [6.07, 6.45) is -3.82. The maximum atomic E-state index is 11.1. The van der Waals surface area contributed by atoms with Crippen LogP contribution in [0.3, 0.4) is 0 Å². The number of ether oxygens (including phenoxy) is 1. The Balaban J connectivity index is 2.64. The molecule has 0 radical (unpaired) electrons. The van der Waals surface area contributed by atoms with E-state index in [1.165, 1.54) is 0 Å². The number of aliphatic hydroxyl groups excluding tert-OH is 3.